The number of hydrogen-bond donors (Lipinski definition) is 2. The summed E-state index contributed by atoms with van der Waals surface area (Å²) >= 11 is 6.00. The topological polar surface area (TPSA) is 111 Å². The van der Waals surface area contributed by atoms with Crippen LogP contribution in [0.4, 0.5) is 5.69 Å². The number of halogens is 1. The number of aromatic amines is 1. The Balaban J connectivity index is 1.34. The SMILES string of the molecule is CCOc1nc2cccc(C(=O)Nc3ccc(Cl)cc3)c2n1Cc1ccc(-c2ccccc2-c2nn[nH]n2)cc1. The lowest BCUT2D eigenvalue weighted by atomic mass is 9.98. The van der Waals surface area contributed by atoms with E-state index in [1.54, 1.807) is 30.3 Å². The Morgan fingerprint density at radius 1 is 0.950 bits per heavy atom. The van der Waals surface area contributed by atoms with Crippen molar-refractivity contribution in [3.8, 4) is 28.5 Å². The van der Waals surface area contributed by atoms with E-state index in [0.717, 1.165) is 22.3 Å². The number of nitrogens with zero attached hydrogens (tertiary/aromatic N) is 5. The summed E-state index contributed by atoms with van der Waals surface area (Å²) in [4.78, 5) is 18.1. The number of benzene rings is 4. The monoisotopic (exact) mass is 549 g/mol. The van der Waals surface area contributed by atoms with E-state index in [1.807, 2.05) is 47.9 Å². The predicted molar refractivity (Wildman–Crippen MR) is 154 cm³/mol. The normalized spacial score (nSPS) is 11.1. The molecule has 0 fully saturated rings. The second kappa shape index (κ2) is 11.0. The van der Waals surface area contributed by atoms with E-state index in [1.165, 1.54) is 0 Å². The van der Waals surface area contributed by atoms with Crippen molar-refractivity contribution in [3.63, 3.8) is 0 Å². The highest BCUT2D eigenvalue weighted by molar-refractivity contribution is 6.30. The molecule has 2 N–H and O–H groups in total. The number of H-pyrrole nitrogens is 1. The average Bonchev–Trinajstić information content (AvgIpc) is 3.64. The van der Waals surface area contributed by atoms with E-state index in [0.29, 0.717) is 52.3 Å². The maximum absolute atomic E-state index is 13.4. The molecule has 0 aliphatic rings. The molecule has 0 unspecified atom stereocenters. The van der Waals surface area contributed by atoms with Crippen LogP contribution >= 0.6 is 11.6 Å². The smallest absolute Gasteiger partial charge is 0.297 e. The fourth-order valence-corrected chi connectivity index (χ4v) is 4.77. The largest absolute Gasteiger partial charge is 0.465 e. The first-order valence-corrected chi connectivity index (χ1v) is 13.1. The van der Waals surface area contributed by atoms with Gasteiger partial charge in [0.05, 0.1) is 29.7 Å². The minimum Gasteiger partial charge on any atom is -0.465 e. The van der Waals surface area contributed by atoms with Crippen LogP contribution in [0.2, 0.25) is 5.02 Å². The molecule has 0 atom stereocenters. The highest BCUT2D eigenvalue weighted by Gasteiger charge is 2.20. The van der Waals surface area contributed by atoms with Crippen molar-refractivity contribution in [3.05, 3.63) is 107 Å². The molecule has 0 bridgehead atoms. The van der Waals surface area contributed by atoms with E-state index in [4.69, 9.17) is 16.3 Å². The molecule has 2 aromatic heterocycles. The van der Waals surface area contributed by atoms with Crippen LogP contribution in [-0.2, 0) is 6.54 Å². The minimum absolute atomic E-state index is 0.245. The van der Waals surface area contributed by atoms with Crippen molar-refractivity contribution in [2.24, 2.45) is 0 Å². The van der Waals surface area contributed by atoms with Crippen molar-refractivity contribution in [1.82, 2.24) is 30.2 Å². The summed E-state index contributed by atoms with van der Waals surface area (Å²) in [6, 6.07) is 29.1. The highest BCUT2D eigenvalue weighted by Crippen LogP contribution is 2.31. The van der Waals surface area contributed by atoms with Gasteiger partial charge >= 0.3 is 0 Å². The van der Waals surface area contributed by atoms with Gasteiger partial charge in [-0.25, -0.2) is 0 Å². The molecule has 0 aliphatic carbocycles. The fourth-order valence-electron chi connectivity index (χ4n) is 4.64. The number of para-hydroxylation sites is 1. The third-order valence-corrected chi connectivity index (χ3v) is 6.72. The molecule has 9 nitrogen and oxygen atoms in total. The van der Waals surface area contributed by atoms with Crippen molar-refractivity contribution in [2.45, 2.75) is 13.5 Å². The van der Waals surface area contributed by atoms with Crippen LogP contribution in [0.25, 0.3) is 33.5 Å². The molecule has 4 aromatic carbocycles. The van der Waals surface area contributed by atoms with Crippen LogP contribution in [0.15, 0.2) is 91.0 Å². The molecule has 2 heterocycles. The Morgan fingerprint density at radius 2 is 1.73 bits per heavy atom. The summed E-state index contributed by atoms with van der Waals surface area (Å²) in [5.41, 5.74) is 6.46. The summed E-state index contributed by atoms with van der Waals surface area (Å²) in [5.74, 6) is 0.292. The number of anilines is 1. The van der Waals surface area contributed by atoms with Crippen LogP contribution < -0.4 is 10.1 Å². The number of nitrogens with one attached hydrogen (secondary N) is 2. The van der Waals surface area contributed by atoms with Crippen LogP contribution in [0.5, 0.6) is 6.01 Å². The summed E-state index contributed by atoms with van der Waals surface area (Å²) in [6.45, 7) is 2.82. The number of aromatic nitrogens is 6. The number of ether oxygens (including phenoxy) is 1. The van der Waals surface area contributed by atoms with Gasteiger partial charge in [-0.05, 0) is 65.2 Å². The zero-order valence-electron chi connectivity index (χ0n) is 21.5. The van der Waals surface area contributed by atoms with Crippen molar-refractivity contribution >= 4 is 34.2 Å². The van der Waals surface area contributed by atoms with Crippen molar-refractivity contribution in [2.75, 3.05) is 11.9 Å². The summed E-state index contributed by atoms with van der Waals surface area (Å²) in [6.07, 6.45) is 0. The Morgan fingerprint density at radius 3 is 2.45 bits per heavy atom. The molecule has 40 heavy (non-hydrogen) atoms. The Kier molecular flexibility index (Phi) is 6.95. The molecule has 0 aliphatic heterocycles. The van der Waals surface area contributed by atoms with E-state index in [-0.39, 0.29) is 5.91 Å². The maximum atomic E-state index is 13.4. The van der Waals surface area contributed by atoms with Gasteiger partial charge in [-0.2, -0.15) is 10.2 Å². The second-order valence-corrected chi connectivity index (χ2v) is 9.46. The third-order valence-electron chi connectivity index (χ3n) is 6.47. The average molecular weight is 550 g/mol. The highest BCUT2D eigenvalue weighted by atomic mass is 35.5. The molecule has 0 spiro atoms. The zero-order chi connectivity index (χ0) is 27.5. The van der Waals surface area contributed by atoms with Gasteiger partial charge in [0.2, 0.25) is 5.82 Å². The van der Waals surface area contributed by atoms with Crippen LogP contribution in [0.3, 0.4) is 0 Å². The molecular weight excluding hydrogens is 526 g/mol. The standard InChI is InChI=1S/C30H24ClN7O2/c1-2-40-30-33-26-9-5-8-25(29(39)32-22-16-14-21(31)15-17-22)27(26)38(30)18-19-10-12-20(13-11-19)23-6-3-4-7-24(23)28-34-36-37-35-28/h3-17H,2,18H2,1H3,(H,32,39)(H,34,35,36,37). The molecular formula is C30H24ClN7O2. The first kappa shape index (κ1) is 25.3. The van der Waals surface area contributed by atoms with Crippen LogP contribution in [-0.4, -0.2) is 42.7 Å². The molecule has 0 radical (unpaired) electrons. The fraction of sp³-hybridized carbons (Fsp3) is 0.100. The first-order chi connectivity index (χ1) is 19.6. The van der Waals surface area contributed by atoms with E-state index in [2.05, 4.69) is 55.2 Å². The first-order valence-electron chi connectivity index (χ1n) is 12.7. The van der Waals surface area contributed by atoms with Gasteiger partial charge in [-0.3, -0.25) is 9.36 Å². The Labute approximate surface area is 234 Å². The summed E-state index contributed by atoms with van der Waals surface area (Å²) < 4.78 is 7.84. The molecule has 198 valence electrons. The molecule has 0 saturated heterocycles. The number of carbonyl (C=O) groups is 1. The molecule has 6 aromatic rings. The maximum Gasteiger partial charge on any atom is 0.297 e. The minimum atomic E-state index is -0.245. The van der Waals surface area contributed by atoms with E-state index >= 15 is 0 Å². The number of carbonyl (C=O) groups excluding carboxylic acids is 1. The van der Waals surface area contributed by atoms with Gasteiger partial charge in [0.25, 0.3) is 11.9 Å². The van der Waals surface area contributed by atoms with Gasteiger partial charge in [0.15, 0.2) is 0 Å². The summed E-state index contributed by atoms with van der Waals surface area (Å²) in [7, 11) is 0. The third kappa shape index (κ3) is 5.02. The number of imidazole rings is 1. The van der Waals surface area contributed by atoms with Crippen molar-refractivity contribution < 1.29 is 9.53 Å². The number of amides is 1. The van der Waals surface area contributed by atoms with Gasteiger partial charge < -0.3 is 10.1 Å². The number of fused-ring (bicyclic) bond motifs is 1. The lowest BCUT2D eigenvalue weighted by Crippen LogP contribution is -2.14. The van der Waals surface area contributed by atoms with Gasteiger partial charge in [-0.1, -0.05) is 66.2 Å². The van der Waals surface area contributed by atoms with E-state index < -0.39 is 0 Å². The zero-order valence-corrected chi connectivity index (χ0v) is 22.3. The lowest BCUT2D eigenvalue weighted by molar-refractivity contribution is 0.102. The van der Waals surface area contributed by atoms with Crippen LogP contribution in [0.1, 0.15) is 22.8 Å². The predicted octanol–water partition coefficient (Wildman–Crippen LogP) is 6.24. The van der Waals surface area contributed by atoms with E-state index in [9.17, 15) is 4.79 Å². The Bertz CT molecular complexity index is 1780. The molecule has 0 saturated carbocycles. The molecule has 10 heteroatoms. The van der Waals surface area contributed by atoms with Gasteiger partial charge in [0, 0.05) is 16.3 Å². The quantitative estimate of drug-likeness (QED) is 0.233. The van der Waals surface area contributed by atoms with Gasteiger partial charge in [0.1, 0.15) is 0 Å². The number of rotatable bonds is 8. The lowest BCUT2D eigenvalue weighted by Gasteiger charge is -2.13. The number of tetrazole rings is 1. The molecule has 6 rings (SSSR count). The second-order valence-electron chi connectivity index (χ2n) is 9.03. The van der Waals surface area contributed by atoms with Crippen LogP contribution in [0, 0.1) is 0 Å². The molecule has 1 amide bonds. The van der Waals surface area contributed by atoms with Crippen molar-refractivity contribution in [1.29, 1.82) is 0 Å². The number of hydrogen-bond acceptors (Lipinski definition) is 6. The Hall–Kier alpha value is -5.02. The summed E-state index contributed by atoms with van der Waals surface area (Å²) in [5, 5.41) is 18.0. The van der Waals surface area contributed by atoms with Gasteiger partial charge in [-0.15, -0.1) is 10.2 Å².